The van der Waals surface area contributed by atoms with Crippen molar-refractivity contribution in [1.29, 1.82) is 0 Å². The summed E-state index contributed by atoms with van der Waals surface area (Å²) in [5.41, 5.74) is 1.29. The monoisotopic (exact) mass is 405 g/mol. The second kappa shape index (κ2) is 7.25. The Balaban J connectivity index is 1.94. The summed E-state index contributed by atoms with van der Waals surface area (Å²) in [6.45, 7) is 1.96. The van der Waals surface area contributed by atoms with Crippen LogP contribution in [-0.2, 0) is 6.54 Å². The molecule has 0 spiro atoms. The average Bonchev–Trinajstić information content (AvgIpc) is 2.88. The highest BCUT2D eigenvalue weighted by molar-refractivity contribution is 9.11. The number of ether oxygens (including phenoxy) is 1. The third-order valence-electron chi connectivity index (χ3n) is 4.09. The Morgan fingerprint density at radius 1 is 1.25 bits per heavy atom. The van der Waals surface area contributed by atoms with E-state index in [1.807, 2.05) is 0 Å². The van der Waals surface area contributed by atoms with Gasteiger partial charge < -0.3 is 15.2 Å². The first-order chi connectivity index (χ1) is 9.60. The summed E-state index contributed by atoms with van der Waals surface area (Å²) in [5, 5.41) is 13.1. The number of halogens is 2. The summed E-state index contributed by atoms with van der Waals surface area (Å²) in [6.07, 6.45) is 4.74. The van der Waals surface area contributed by atoms with Gasteiger partial charge in [-0.3, -0.25) is 0 Å². The minimum Gasteiger partial charge on any atom is -0.494 e. The largest absolute Gasteiger partial charge is 0.494 e. The smallest absolute Gasteiger partial charge is 0.147 e. The van der Waals surface area contributed by atoms with Crippen LogP contribution < -0.4 is 10.1 Å². The zero-order chi connectivity index (χ0) is 14.6. The van der Waals surface area contributed by atoms with Crippen molar-refractivity contribution < 1.29 is 9.84 Å². The van der Waals surface area contributed by atoms with E-state index in [1.54, 1.807) is 7.11 Å². The maximum Gasteiger partial charge on any atom is 0.147 e. The van der Waals surface area contributed by atoms with E-state index in [4.69, 9.17) is 4.74 Å². The Morgan fingerprint density at radius 2 is 1.85 bits per heavy atom. The third-order valence-corrected chi connectivity index (χ3v) is 5.27. The molecule has 20 heavy (non-hydrogen) atoms. The molecule has 0 bridgehead atoms. The maximum atomic E-state index is 9.60. The molecule has 3 nitrogen and oxygen atoms in total. The Hall–Kier alpha value is -0.100. The fourth-order valence-electron chi connectivity index (χ4n) is 2.90. The molecular weight excluding hydrogens is 386 g/mol. The Bertz CT molecular complexity index is 436. The van der Waals surface area contributed by atoms with Crippen molar-refractivity contribution in [3.8, 4) is 5.75 Å². The third kappa shape index (κ3) is 3.75. The predicted molar refractivity (Wildman–Crippen MR) is 88.1 cm³/mol. The van der Waals surface area contributed by atoms with Crippen LogP contribution in [0.25, 0.3) is 0 Å². The standard InChI is InChI=1S/C15H21Br2NO2/c1-20-14-12(16)6-11(7-13(14)17)8-18-9-15(10-19)4-2-3-5-15/h6-7,18-19H,2-5,8-10H2,1H3. The van der Waals surface area contributed by atoms with E-state index < -0.39 is 0 Å². The van der Waals surface area contributed by atoms with E-state index in [0.29, 0.717) is 0 Å². The van der Waals surface area contributed by atoms with Gasteiger partial charge in [0.05, 0.1) is 16.1 Å². The highest BCUT2D eigenvalue weighted by Crippen LogP contribution is 2.37. The van der Waals surface area contributed by atoms with Crippen molar-refractivity contribution in [2.24, 2.45) is 5.41 Å². The highest BCUT2D eigenvalue weighted by Gasteiger charge is 2.32. The van der Waals surface area contributed by atoms with Crippen LogP contribution in [-0.4, -0.2) is 25.4 Å². The van der Waals surface area contributed by atoms with Gasteiger partial charge in [-0.05, 0) is 62.4 Å². The summed E-state index contributed by atoms with van der Waals surface area (Å²) >= 11 is 7.04. The van der Waals surface area contributed by atoms with Gasteiger partial charge in [0, 0.05) is 25.1 Å². The minimum absolute atomic E-state index is 0.0981. The lowest BCUT2D eigenvalue weighted by Gasteiger charge is -2.26. The molecule has 0 unspecified atom stereocenters. The Kier molecular flexibility index (Phi) is 5.90. The van der Waals surface area contributed by atoms with E-state index in [9.17, 15) is 5.11 Å². The van der Waals surface area contributed by atoms with Crippen LogP contribution in [0.1, 0.15) is 31.2 Å². The van der Waals surface area contributed by atoms with E-state index in [1.165, 1.54) is 18.4 Å². The van der Waals surface area contributed by atoms with Crippen molar-refractivity contribution in [1.82, 2.24) is 5.32 Å². The van der Waals surface area contributed by atoms with Crippen molar-refractivity contribution in [3.63, 3.8) is 0 Å². The first-order valence-corrected chi connectivity index (χ1v) is 8.52. The van der Waals surface area contributed by atoms with Crippen LogP contribution in [0, 0.1) is 5.41 Å². The van der Waals surface area contributed by atoms with Crippen molar-refractivity contribution in [2.45, 2.75) is 32.2 Å². The van der Waals surface area contributed by atoms with Gasteiger partial charge in [0.1, 0.15) is 5.75 Å². The lowest BCUT2D eigenvalue weighted by atomic mass is 9.87. The molecule has 1 fully saturated rings. The molecule has 1 aromatic rings. The number of aliphatic hydroxyl groups excluding tert-OH is 1. The summed E-state index contributed by atoms with van der Waals surface area (Å²) in [4.78, 5) is 0. The molecule has 0 amide bonds. The van der Waals surface area contributed by atoms with E-state index >= 15 is 0 Å². The summed E-state index contributed by atoms with van der Waals surface area (Å²) < 4.78 is 7.20. The summed E-state index contributed by atoms with van der Waals surface area (Å²) in [5.74, 6) is 0.816. The van der Waals surface area contributed by atoms with Crippen LogP contribution in [0.2, 0.25) is 0 Å². The molecule has 0 heterocycles. The molecular formula is C15H21Br2NO2. The maximum absolute atomic E-state index is 9.60. The first kappa shape index (κ1) is 16.3. The van der Waals surface area contributed by atoms with Gasteiger partial charge >= 0.3 is 0 Å². The van der Waals surface area contributed by atoms with Gasteiger partial charge in [-0.1, -0.05) is 12.8 Å². The number of nitrogens with one attached hydrogen (secondary N) is 1. The molecule has 1 aliphatic carbocycles. The van der Waals surface area contributed by atoms with Crippen LogP contribution in [0.3, 0.4) is 0 Å². The molecule has 5 heteroatoms. The molecule has 0 radical (unpaired) electrons. The lowest BCUT2D eigenvalue weighted by Crippen LogP contribution is -2.34. The Morgan fingerprint density at radius 3 is 2.35 bits per heavy atom. The molecule has 2 N–H and O–H groups in total. The van der Waals surface area contributed by atoms with Gasteiger partial charge in [0.15, 0.2) is 0 Å². The zero-order valence-electron chi connectivity index (χ0n) is 11.7. The van der Waals surface area contributed by atoms with Crippen LogP contribution >= 0.6 is 31.9 Å². The van der Waals surface area contributed by atoms with E-state index in [0.717, 1.165) is 40.6 Å². The van der Waals surface area contributed by atoms with Crippen molar-refractivity contribution in [3.05, 3.63) is 26.6 Å². The molecule has 0 atom stereocenters. The second-order valence-electron chi connectivity index (χ2n) is 5.56. The van der Waals surface area contributed by atoms with Crippen molar-refractivity contribution in [2.75, 3.05) is 20.3 Å². The minimum atomic E-state index is 0.0981. The topological polar surface area (TPSA) is 41.5 Å². The molecule has 0 aliphatic heterocycles. The molecule has 1 aliphatic rings. The molecule has 0 aromatic heterocycles. The fourth-order valence-corrected chi connectivity index (χ4v) is 4.50. The lowest BCUT2D eigenvalue weighted by molar-refractivity contribution is 0.128. The van der Waals surface area contributed by atoms with Crippen LogP contribution in [0.5, 0.6) is 5.75 Å². The van der Waals surface area contributed by atoms with Gasteiger partial charge in [-0.15, -0.1) is 0 Å². The van der Waals surface area contributed by atoms with Crippen LogP contribution in [0.4, 0.5) is 0 Å². The van der Waals surface area contributed by atoms with E-state index in [-0.39, 0.29) is 12.0 Å². The zero-order valence-corrected chi connectivity index (χ0v) is 14.9. The molecule has 2 rings (SSSR count). The SMILES string of the molecule is COc1c(Br)cc(CNCC2(CO)CCCC2)cc1Br. The number of hydrogen-bond donors (Lipinski definition) is 2. The fraction of sp³-hybridized carbons (Fsp3) is 0.600. The first-order valence-electron chi connectivity index (χ1n) is 6.94. The molecule has 1 aromatic carbocycles. The van der Waals surface area contributed by atoms with Gasteiger partial charge in [-0.2, -0.15) is 0 Å². The summed E-state index contributed by atoms with van der Waals surface area (Å²) in [6, 6.07) is 4.13. The van der Waals surface area contributed by atoms with Crippen molar-refractivity contribution >= 4 is 31.9 Å². The second-order valence-corrected chi connectivity index (χ2v) is 7.27. The molecule has 0 saturated heterocycles. The highest BCUT2D eigenvalue weighted by atomic mass is 79.9. The van der Waals surface area contributed by atoms with Crippen LogP contribution in [0.15, 0.2) is 21.1 Å². The molecule has 1 saturated carbocycles. The van der Waals surface area contributed by atoms with Gasteiger partial charge in [0.25, 0.3) is 0 Å². The van der Waals surface area contributed by atoms with Gasteiger partial charge in [0.2, 0.25) is 0 Å². The Labute approximate surface area is 137 Å². The number of aliphatic hydroxyl groups is 1. The quantitative estimate of drug-likeness (QED) is 0.753. The molecule has 112 valence electrons. The number of benzene rings is 1. The number of methoxy groups -OCH3 is 1. The normalized spacial score (nSPS) is 17.4. The average molecular weight is 407 g/mol. The number of rotatable bonds is 6. The predicted octanol–water partition coefficient (Wildman–Crippen LogP) is 3.86. The summed E-state index contributed by atoms with van der Waals surface area (Å²) in [7, 11) is 1.66. The number of hydrogen-bond acceptors (Lipinski definition) is 3. The van der Waals surface area contributed by atoms with E-state index in [2.05, 4.69) is 49.3 Å². The van der Waals surface area contributed by atoms with Gasteiger partial charge in [-0.25, -0.2) is 0 Å².